The summed E-state index contributed by atoms with van der Waals surface area (Å²) in [6.07, 6.45) is 10.6. The van der Waals surface area contributed by atoms with Crippen LogP contribution in [0.25, 0.3) is 0 Å². The molecule has 0 radical (unpaired) electrons. The highest BCUT2D eigenvalue weighted by Gasteiger charge is 2.32. The first-order valence-electron chi connectivity index (χ1n) is 12.8. The van der Waals surface area contributed by atoms with Crippen LogP contribution in [0.4, 0.5) is 0 Å². The number of aromatic amines is 1. The van der Waals surface area contributed by atoms with Crippen molar-refractivity contribution in [3.05, 3.63) is 62.8 Å². The number of benzene rings is 1. The van der Waals surface area contributed by atoms with E-state index in [1.165, 1.54) is 37.7 Å². The molecule has 6 nitrogen and oxygen atoms in total. The minimum atomic E-state index is -0.133. The second kappa shape index (κ2) is 9.80. The van der Waals surface area contributed by atoms with Crippen LogP contribution in [-0.4, -0.2) is 44.8 Å². The second-order valence-corrected chi connectivity index (χ2v) is 10.1. The zero-order valence-corrected chi connectivity index (χ0v) is 19.8. The predicted molar refractivity (Wildman–Crippen MR) is 129 cm³/mol. The molecule has 1 aromatic heterocycles. The molecule has 1 N–H and O–H groups in total. The number of nitrogens with one attached hydrogen (secondary N) is 1. The van der Waals surface area contributed by atoms with Crippen LogP contribution in [0.15, 0.2) is 29.1 Å². The SMILES string of the molecule is Cc1ccc(CC(=O)N2CCCCC2c2nc3c(c(=O)[nH]2)CN(C2CCCCC2)CC3)cc1. The molecule has 33 heavy (non-hydrogen) atoms. The quantitative estimate of drug-likeness (QED) is 0.766. The minimum Gasteiger partial charge on any atom is -0.332 e. The zero-order chi connectivity index (χ0) is 22.8. The topological polar surface area (TPSA) is 69.3 Å². The number of nitrogens with zero attached hydrogens (tertiary/aromatic N) is 3. The molecule has 2 fully saturated rings. The summed E-state index contributed by atoms with van der Waals surface area (Å²) in [6, 6.07) is 8.64. The Morgan fingerprint density at radius 1 is 1.03 bits per heavy atom. The van der Waals surface area contributed by atoms with E-state index in [-0.39, 0.29) is 17.5 Å². The fourth-order valence-corrected chi connectivity index (χ4v) is 5.88. The lowest BCUT2D eigenvalue weighted by Gasteiger charge is -2.38. The number of carbonyl (C=O) groups is 1. The van der Waals surface area contributed by atoms with Gasteiger partial charge < -0.3 is 9.88 Å². The monoisotopic (exact) mass is 448 g/mol. The Morgan fingerprint density at radius 2 is 1.79 bits per heavy atom. The van der Waals surface area contributed by atoms with E-state index in [2.05, 4.69) is 28.9 Å². The molecule has 3 heterocycles. The predicted octanol–water partition coefficient (Wildman–Crippen LogP) is 4.07. The van der Waals surface area contributed by atoms with Gasteiger partial charge in [0.2, 0.25) is 5.91 Å². The third-order valence-corrected chi connectivity index (χ3v) is 7.82. The number of amides is 1. The lowest BCUT2D eigenvalue weighted by Crippen LogP contribution is -2.44. The molecule has 0 bridgehead atoms. The van der Waals surface area contributed by atoms with E-state index in [1.54, 1.807) is 0 Å². The zero-order valence-electron chi connectivity index (χ0n) is 19.8. The molecule has 2 aliphatic heterocycles. The molecule has 1 saturated heterocycles. The van der Waals surface area contributed by atoms with Gasteiger partial charge in [-0.2, -0.15) is 0 Å². The summed E-state index contributed by atoms with van der Waals surface area (Å²) < 4.78 is 0. The van der Waals surface area contributed by atoms with E-state index in [9.17, 15) is 9.59 Å². The summed E-state index contributed by atoms with van der Waals surface area (Å²) >= 11 is 0. The van der Waals surface area contributed by atoms with Crippen LogP contribution in [0.5, 0.6) is 0 Å². The molecule has 6 heteroatoms. The van der Waals surface area contributed by atoms with Crippen molar-refractivity contribution in [3.8, 4) is 0 Å². The van der Waals surface area contributed by atoms with E-state index < -0.39 is 0 Å². The van der Waals surface area contributed by atoms with Crippen molar-refractivity contribution >= 4 is 5.91 Å². The van der Waals surface area contributed by atoms with Crippen LogP contribution in [0.1, 0.15) is 85.6 Å². The standard InChI is InChI=1S/C27H36N4O2/c1-19-10-12-20(13-11-19)17-25(32)31-15-6-5-9-24(31)26-28-23-14-16-30(18-22(23)27(33)29-26)21-7-3-2-4-8-21/h10-13,21,24H,2-9,14-18H2,1H3,(H,28,29,33). The average Bonchev–Trinajstić information content (AvgIpc) is 2.86. The maximum atomic E-state index is 13.2. The molecule has 5 rings (SSSR count). The third-order valence-electron chi connectivity index (χ3n) is 7.82. The number of aromatic nitrogens is 2. The van der Waals surface area contributed by atoms with Crippen molar-refractivity contribution in [2.75, 3.05) is 13.1 Å². The molecule has 1 atom stereocenters. The average molecular weight is 449 g/mol. The Balaban J connectivity index is 1.34. The Hall–Kier alpha value is -2.47. The third kappa shape index (κ3) is 4.91. The van der Waals surface area contributed by atoms with E-state index in [4.69, 9.17) is 4.98 Å². The van der Waals surface area contributed by atoms with Crippen molar-refractivity contribution in [2.24, 2.45) is 0 Å². The number of hydrogen-bond acceptors (Lipinski definition) is 4. The van der Waals surface area contributed by atoms with Gasteiger partial charge in [0.05, 0.1) is 23.7 Å². The van der Waals surface area contributed by atoms with Gasteiger partial charge in [-0.3, -0.25) is 14.5 Å². The Labute approximate surface area is 196 Å². The van der Waals surface area contributed by atoms with Gasteiger partial charge in [0.25, 0.3) is 5.56 Å². The van der Waals surface area contributed by atoms with Gasteiger partial charge in [-0.25, -0.2) is 4.98 Å². The molecule has 3 aliphatic rings. The first kappa shape index (κ1) is 22.3. The molecule has 1 aliphatic carbocycles. The van der Waals surface area contributed by atoms with Crippen LogP contribution < -0.4 is 5.56 Å². The van der Waals surface area contributed by atoms with Gasteiger partial charge in [-0.15, -0.1) is 0 Å². The summed E-state index contributed by atoms with van der Waals surface area (Å²) in [6.45, 7) is 4.47. The number of aryl methyl sites for hydroxylation is 1. The van der Waals surface area contributed by atoms with Gasteiger partial charge in [-0.05, 0) is 44.6 Å². The summed E-state index contributed by atoms with van der Waals surface area (Å²) in [5, 5.41) is 0. The van der Waals surface area contributed by atoms with Gasteiger partial charge in [0, 0.05) is 32.1 Å². The Morgan fingerprint density at radius 3 is 2.58 bits per heavy atom. The smallest absolute Gasteiger partial charge is 0.255 e. The summed E-state index contributed by atoms with van der Waals surface area (Å²) in [7, 11) is 0. The lowest BCUT2D eigenvalue weighted by molar-refractivity contribution is -0.134. The maximum absolute atomic E-state index is 13.2. The molecular formula is C27H36N4O2. The summed E-state index contributed by atoms with van der Waals surface area (Å²) in [5.41, 5.74) is 4.00. The van der Waals surface area contributed by atoms with Crippen LogP contribution in [0, 0.1) is 6.92 Å². The van der Waals surface area contributed by atoms with Gasteiger partial charge >= 0.3 is 0 Å². The van der Waals surface area contributed by atoms with Crippen molar-refractivity contribution in [3.63, 3.8) is 0 Å². The number of piperidine rings is 1. The Bertz CT molecular complexity index is 1040. The van der Waals surface area contributed by atoms with Crippen molar-refractivity contribution < 1.29 is 4.79 Å². The van der Waals surface area contributed by atoms with Gasteiger partial charge in [0.15, 0.2) is 0 Å². The summed E-state index contributed by atoms with van der Waals surface area (Å²) in [5.74, 6) is 0.800. The van der Waals surface area contributed by atoms with E-state index >= 15 is 0 Å². The first-order chi connectivity index (χ1) is 16.1. The minimum absolute atomic E-state index is 0.00739. The number of carbonyl (C=O) groups excluding carboxylic acids is 1. The van der Waals surface area contributed by atoms with Crippen molar-refractivity contribution in [1.29, 1.82) is 0 Å². The lowest BCUT2D eigenvalue weighted by atomic mass is 9.92. The number of likely N-dealkylation sites (tertiary alicyclic amines) is 1. The van der Waals surface area contributed by atoms with Crippen LogP contribution in [0.3, 0.4) is 0 Å². The first-order valence-corrected chi connectivity index (χ1v) is 12.8. The number of hydrogen-bond donors (Lipinski definition) is 1. The molecule has 1 saturated carbocycles. The molecule has 1 unspecified atom stereocenters. The molecule has 2 aromatic rings. The summed E-state index contributed by atoms with van der Waals surface area (Å²) in [4.78, 5) is 38.9. The molecular weight excluding hydrogens is 412 g/mol. The second-order valence-electron chi connectivity index (χ2n) is 10.1. The molecule has 0 spiro atoms. The van der Waals surface area contributed by atoms with Gasteiger partial charge in [-0.1, -0.05) is 49.1 Å². The van der Waals surface area contributed by atoms with E-state index in [0.717, 1.165) is 55.6 Å². The normalized spacial score (nSPS) is 22.2. The van der Waals surface area contributed by atoms with Gasteiger partial charge in [0.1, 0.15) is 5.82 Å². The maximum Gasteiger partial charge on any atom is 0.255 e. The largest absolute Gasteiger partial charge is 0.332 e. The van der Waals surface area contributed by atoms with Crippen molar-refractivity contribution in [1.82, 2.24) is 19.8 Å². The molecule has 176 valence electrons. The highest BCUT2D eigenvalue weighted by Crippen LogP contribution is 2.31. The highest BCUT2D eigenvalue weighted by molar-refractivity contribution is 5.79. The number of rotatable bonds is 4. The number of H-pyrrole nitrogens is 1. The number of fused-ring (bicyclic) bond motifs is 1. The van der Waals surface area contributed by atoms with E-state index in [1.807, 2.05) is 17.0 Å². The molecule has 1 amide bonds. The highest BCUT2D eigenvalue weighted by atomic mass is 16.2. The van der Waals surface area contributed by atoms with Crippen molar-refractivity contribution in [2.45, 2.75) is 89.8 Å². The Kier molecular flexibility index (Phi) is 6.63. The fraction of sp³-hybridized carbons (Fsp3) is 0.593. The van der Waals surface area contributed by atoms with E-state index in [0.29, 0.717) is 24.8 Å². The molecule has 1 aromatic carbocycles. The fourth-order valence-electron chi connectivity index (χ4n) is 5.88. The van der Waals surface area contributed by atoms with Crippen LogP contribution in [-0.2, 0) is 24.2 Å². The van der Waals surface area contributed by atoms with Crippen LogP contribution in [0.2, 0.25) is 0 Å². The van der Waals surface area contributed by atoms with Crippen LogP contribution >= 0.6 is 0 Å².